The SMILES string of the molecule is C/C(=C/N)N(N)C(c1cccc(N)c1)C1CCC1. The van der Waals surface area contributed by atoms with Crippen molar-refractivity contribution in [3.63, 3.8) is 0 Å². The van der Waals surface area contributed by atoms with E-state index in [1.807, 2.05) is 25.1 Å². The molecule has 0 saturated heterocycles. The van der Waals surface area contributed by atoms with Crippen LogP contribution in [0.3, 0.4) is 0 Å². The molecule has 0 amide bonds. The van der Waals surface area contributed by atoms with E-state index in [9.17, 15) is 0 Å². The van der Waals surface area contributed by atoms with Crippen molar-refractivity contribution >= 4 is 5.69 Å². The number of nitrogens with two attached hydrogens (primary N) is 3. The third-order valence-corrected chi connectivity index (χ3v) is 3.80. The van der Waals surface area contributed by atoms with E-state index in [1.54, 1.807) is 11.2 Å². The zero-order chi connectivity index (χ0) is 13.1. The van der Waals surface area contributed by atoms with Gasteiger partial charge in [0.15, 0.2) is 0 Å². The number of benzene rings is 1. The summed E-state index contributed by atoms with van der Waals surface area (Å²) in [6.07, 6.45) is 5.26. The fraction of sp³-hybridized carbons (Fsp3) is 0.429. The molecule has 1 aromatic carbocycles. The lowest BCUT2D eigenvalue weighted by atomic mass is 9.76. The van der Waals surface area contributed by atoms with Gasteiger partial charge in [-0.3, -0.25) is 0 Å². The van der Waals surface area contributed by atoms with Crippen LogP contribution in [0.15, 0.2) is 36.2 Å². The highest BCUT2D eigenvalue weighted by Gasteiger charge is 2.32. The first-order valence-electron chi connectivity index (χ1n) is 6.41. The number of hydrogen-bond donors (Lipinski definition) is 3. The van der Waals surface area contributed by atoms with Crippen LogP contribution in [0.2, 0.25) is 0 Å². The van der Waals surface area contributed by atoms with Gasteiger partial charge in [0.05, 0.1) is 6.04 Å². The minimum Gasteiger partial charge on any atom is -0.403 e. The van der Waals surface area contributed by atoms with E-state index in [2.05, 4.69) is 6.07 Å². The van der Waals surface area contributed by atoms with Crippen LogP contribution in [-0.2, 0) is 0 Å². The van der Waals surface area contributed by atoms with Crippen molar-refractivity contribution in [1.29, 1.82) is 0 Å². The van der Waals surface area contributed by atoms with Gasteiger partial charge >= 0.3 is 0 Å². The molecule has 1 fully saturated rings. The maximum atomic E-state index is 6.21. The Labute approximate surface area is 108 Å². The van der Waals surface area contributed by atoms with Crippen LogP contribution in [0, 0.1) is 5.92 Å². The van der Waals surface area contributed by atoms with Crippen molar-refractivity contribution in [2.24, 2.45) is 17.5 Å². The Kier molecular flexibility index (Phi) is 3.77. The molecule has 0 aliphatic heterocycles. The molecule has 1 atom stereocenters. The minimum atomic E-state index is 0.169. The molecule has 1 aromatic rings. The van der Waals surface area contributed by atoms with Crippen molar-refractivity contribution in [2.75, 3.05) is 5.73 Å². The summed E-state index contributed by atoms with van der Waals surface area (Å²) in [4.78, 5) is 0. The van der Waals surface area contributed by atoms with Gasteiger partial charge in [-0.1, -0.05) is 18.6 Å². The van der Waals surface area contributed by atoms with Crippen LogP contribution in [0.5, 0.6) is 0 Å². The van der Waals surface area contributed by atoms with Gasteiger partial charge < -0.3 is 16.5 Å². The van der Waals surface area contributed by atoms with Gasteiger partial charge in [0.25, 0.3) is 0 Å². The number of anilines is 1. The molecule has 1 saturated carbocycles. The Hall–Kier alpha value is -1.68. The lowest BCUT2D eigenvalue weighted by Gasteiger charge is -2.40. The maximum absolute atomic E-state index is 6.21. The Balaban J connectivity index is 2.30. The second kappa shape index (κ2) is 5.31. The summed E-state index contributed by atoms with van der Waals surface area (Å²) in [6.45, 7) is 1.93. The molecule has 1 unspecified atom stereocenters. The first-order valence-corrected chi connectivity index (χ1v) is 6.41. The smallest absolute Gasteiger partial charge is 0.0727 e. The van der Waals surface area contributed by atoms with E-state index in [-0.39, 0.29) is 6.04 Å². The van der Waals surface area contributed by atoms with Crippen molar-refractivity contribution in [2.45, 2.75) is 32.2 Å². The van der Waals surface area contributed by atoms with Gasteiger partial charge in [0.2, 0.25) is 0 Å². The zero-order valence-electron chi connectivity index (χ0n) is 10.8. The topological polar surface area (TPSA) is 81.3 Å². The molecule has 4 nitrogen and oxygen atoms in total. The summed E-state index contributed by atoms with van der Waals surface area (Å²) in [6, 6.07) is 8.14. The molecule has 0 heterocycles. The average molecular weight is 246 g/mol. The van der Waals surface area contributed by atoms with Gasteiger partial charge in [0.1, 0.15) is 0 Å². The van der Waals surface area contributed by atoms with E-state index >= 15 is 0 Å². The predicted molar refractivity (Wildman–Crippen MR) is 74.9 cm³/mol. The Bertz CT molecular complexity index is 437. The van der Waals surface area contributed by atoms with Crippen molar-refractivity contribution in [3.8, 4) is 0 Å². The number of rotatable bonds is 4. The van der Waals surface area contributed by atoms with E-state index < -0.39 is 0 Å². The first-order chi connectivity index (χ1) is 8.63. The number of hydrogen-bond acceptors (Lipinski definition) is 4. The van der Waals surface area contributed by atoms with Gasteiger partial charge in [-0.05, 0) is 43.4 Å². The Morgan fingerprint density at radius 2 is 2.17 bits per heavy atom. The van der Waals surface area contributed by atoms with Crippen molar-refractivity contribution in [1.82, 2.24) is 5.01 Å². The zero-order valence-corrected chi connectivity index (χ0v) is 10.8. The highest BCUT2D eigenvalue weighted by molar-refractivity contribution is 5.42. The summed E-state index contributed by atoms with van der Waals surface area (Å²) in [5, 5.41) is 1.78. The molecule has 0 bridgehead atoms. The molecular formula is C14H22N4. The normalized spacial score (nSPS) is 18.2. The van der Waals surface area contributed by atoms with Gasteiger partial charge in [-0.2, -0.15) is 0 Å². The monoisotopic (exact) mass is 246 g/mol. The second-order valence-electron chi connectivity index (χ2n) is 5.02. The van der Waals surface area contributed by atoms with E-state index in [4.69, 9.17) is 17.3 Å². The molecule has 0 aromatic heterocycles. The lowest BCUT2D eigenvalue weighted by Crippen LogP contribution is -2.40. The standard InChI is InChI=1S/C14H22N4/c1-10(9-15)18(17)14(11-4-2-5-11)12-6-3-7-13(16)8-12/h3,6-9,11,14H,2,4-5,15-17H2,1H3/b10-9-. The third-order valence-electron chi connectivity index (χ3n) is 3.80. The molecule has 1 aliphatic rings. The molecule has 4 heteroatoms. The number of nitrogens with zero attached hydrogens (tertiary/aromatic N) is 1. The van der Waals surface area contributed by atoms with Crippen LogP contribution in [-0.4, -0.2) is 5.01 Å². The van der Waals surface area contributed by atoms with Gasteiger partial charge in [-0.15, -0.1) is 0 Å². The molecule has 0 radical (unpaired) electrons. The Morgan fingerprint density at radius 1 is 1.44 bits per heavy atom. The Morgan fingerprint density at radius 3 is 2.67 bits per heavy atom. The molecule has 98 valence electrons. The number of allylic oxidation sites excluding steroid dienone is 1. The van der Waals surface area contributed by atoms with Gasteiger partial charge in [-0.25, -0.2) is 5.84 Å². The second-order valence-corrected chi connectivity index (χ2v) is 5.02. The van der Waals surface area contributed by atoms with Crippen LogP contribution < -0.4 is 17.3 Å². The molecular weight excluding hydrogens is 224 g/mol. The number of hydrazine groups is 1. The predicted octanol–water partition coefficient (Wildman–Crippen LogP) is 2.11. The van der Waals surface area contributed by atoms with Crippen molar-refractivity contribution < 1.29 is 0 Å². The molecule has 2 rings (SSSR count). The quantitative estimate of drug-likeness (QED) is 0.432. The van der Waals surface area contributed by atoms with Gasteiger partial charge in [0, 0.05) is 17.6 Å². The molecule has 0 spiro atoms. The molecule has 6 N–H and O–H groups in total. The summed E-state index contributed by atoms with van der Waals surface area (Å²) in [5.74, 6) is 6.80. The van der Waals surface area contributed by atoms with Crippen molar-refractivity contribution in [3.05, 3.63) is 41.7 Å². The highest BCUT2D eigenvalue weighted by atomic mass is 15.4. The summed E-state index contributed by atoms with van der Waals surface area (Å²) < 4.78 is 0. The summed E-state index contributed by atoms with van der Waals surface area (Å²) >= 11 is 0. The maximum Gasteiger partial charge on any atom is 0.0727 e. The molecule has 1 aliphatic carbocycles. The summed E-state index contributed by atoms with van der Waals surface area (Å²) in [5.41, 5.74) is 14.3. The first kappa shape index (κ1) is 12.8. The highest BCUT2D eigenvalue weighted by Crippen LogP contribution is 2.41. The molecule has 18 heavy (non-hydrogen) atoms. The third kappa shape index (κ3) is 2.43. The largest absolute Gasteiger partial charge is 0.403 e. The van der Waals surface area contributed by atoms with Crippen LogP contribution in [0.1, 0.15) is 37.8 Å². The average Bonchev–Trinajstić information content (AvgIpc) is 2.31. The fourth-order valence-electron chi connectivity index (χ4n) is 2.46. The minimum absolute atomic E-state index is 0.169. The fourth-order valence-corrected chi connectivity index (χ4v) is 2.46. The van der Waals surface area contributed by atoms with Crippen LogP contribution in [0.25, 0.3) is 0 Å². The van der Waals surface area contributed by atoms with Crippen LogP contribution in [0.4, 0.5) is 5.69 Å². The van der Waals surface area contributed by atoms with Crippen LogP contribution >= 0.6 is 0 Å². The van der Waals surface area contributed by atoms with E-state index in [0.717, 1.165) is 11.4 Å². The lowest BCUT2D eigenvalue weighted by molar-refractivity contribution is 0.126. The van der Waals surface area contributed by atoms with E-state index in [0.29, 0.717) is 5.92 Å². The van der Waals surface area contributed by atoms with E-state index in [1.165, 1.54) is 24.8 Å². The number of nitrogen functional groups attached to an aromatic ring is 1. The summed E-state index contributed by atoms with van der Waals surface area (Å²) in [7, 11) is 0.